The number of hydrogen-bond acceptors (Lipinski definition) is 2. The van der Waals surface area contributed by atoms with Crippen molar-refractivity contribution >= 4 is 5.97 Å². The zero-order chi connectivity index (χ0) is 12.9. The molecule has 1 rings (SSSR count). The summed E-state index contributed by atoms with van der Waals surface area (Å²) in [4.78, 5) is 11.4. The van der Waals surface area contributed by atoms with Crippen LogP contribution in [-0.4, -0.2) is 12.6 Å². The van der Waals surface area contributed by atoms with Gasteiger partial charge in [-0.1, -0.05) is 44.3 Å². The maximum Gasteiger partial charge on any atom is 0.305 e. The van der Waals surface area contributed by atoms with Crippen LogP contribution in [0.1, 0.15) is 77.0 Å². The maximum atomic E-state index is 11.4. The first-order chi connectivity index (χ1) is 8.89. The van der Waals surface area contributed by atoms with Crippen molar-refractivity contribution in [3.8, 4) is 0 Å². The van der Waals surface area contributed by atoms with E-state index in [1.54, 1.807) is 0 Å². The Morgan fingerprint density at radius 3 is 2.00 bits per heavy atom. The molecule has 0 unspecified atom stereocenters. The molecule has 0 aliphatic carbocycles. The van der Waals surface area contributed by atoms with Crippen molar-refractivity contribution < 1.29 is 9.53 Å². The van der Waals surface area contributed by atoms with Crippen molar-refractivity contribution in [1.29, 1.82) is 0 Å². The Bertz CT molecular complexity index is 233. The second-order valence-corrected chi connectivity index (χ2v) is 5.20. The highest BCUT2D eigenvalue weighted by Crippen LogP contribution is 2.10. The summed E-state index contributed by atoms with van der Waals surface area (Å²) < 4.78 is 5.21. The number of allylic oxidation sites excluding steroid dienone is 2. The Balaban J connectivity index is 2.17. The largest absolute Gasteiger partial charge is 0.466 e. The van der Waals surface area contributed by atoms with Gasteiger partial charge in [0.1, 0.15) is 0 Å². The van der Waals surface area contributed by atoms with Gasteiger partial charge in [-0.15, -0.1) is 0 Å². The van der Waals surface area contributed by atoms with Crippen LogP contribution in [0.4, 0.5) is 0 Å². The lowest BCUT2D eigenvalue weighted by molar-refractivity contribution is -0.143. The Hall–Kier alpha value is -0.790. The monoisotopic (exact) mass is 252 g/mol. The molecule has 0 aromatic rings. The van der Waals surface area contributed by atoms with Crippen LogP contribution in [0.2, 0.25) is 0 Å². The topological polar surface area (TPSA) is 26.3 Å². The van der Waals surface area contributed by atoms with Gasteiger partial charge >= 0.3 is 5.97 Å². The van der Waals surface area contributed by atoms with Crippen LogP contribution in [0.5, 0.6) is 0 Å². The highest BCUT2D eigenvalue weighted by molar-refractivity contribution is 5.69. The summed E-state index contributed by atoms with van der Waals surface area (Å²) in [7, 11) is 0. The molecule has 1 heterocycles. The molecular formula is C16H28O2. The lowest BCUT2D eigenvalue weighted by Crippen LogP contribution is -2.05. The summed E-state index contributed by atoms with van der Waals surface area (Å²) >= 11 is 0. The number of carbonyl (C=O) groups excluding carboxylic acids is 1. The van der Waals surface area contributed by atoms with E-state index in [9.17, 15) is 4.79 Å². The van der Waals surface area contributed by atoms with E-state index in [4.69, 9.17) is 4.74 Å². The Morgan fingerprint density at radius 1 is 0.722 bits per heavy atom. The number of hydrogen-bond donors (Lipinski definition) is 0. The molecule has 0 spiro atoms. The molecule has 1 aliphatic rings. The third-order valence-corrected chi connectivity index (χ3v) is 3.45. The first-order valence-electron chi connectivity index (χ1n) is 7.70. The number of esters is 1. The number of ether oxygens (including phenoxy) is 1. The molecule has 0 N–H and O–H groups in total. The first kappa shape index (κ1) is 15.3. The fraction of sp³-hybridized carbons (Fsp3) is 0.812. The Morgan fingerprint density at radius 2 is 1.28 bits per heavy atom. The summed E-state index contributed by atoms with van der Waals surface area (Å²) in [6.07, 6.45) is 18.4. The molecule has 0 aromatic heterocycles. The third kappa shape index (κ3) is 9.26. The standard InChI is InChI=1S/C16H28O2/c17-16-14-12-10-8-6-4-2-1-3-5-7-9-11-13-15-18-16/h2,4H,1,3,5-15H2/b4-2+. The Kier molecular flexibility index (Phi) is 9.59. The Labute approximate surface area is 112 Å². The highest BCUT2D eigenvalue weighted by atomic mass is 16.5. The summed E-state index contributed by atoms with van der Waals surface area (Å²) in [6.45, 7) is 0.625. The molecule has 1 aliphatic heterocycles. The molecule has 0 amide bonds. The summed E-state index contributed by atoms with van der Waals surface area (Å²) in [6, 6.07) is 0. The molecule has 0 saturated heterocycles. The minimum Gasteiger partial charge on any atom is -0.466 e. The summed E-state index contributed by atoms with van der Waals surface area (Å²) in [5.41, 5.74) is 0. The minimum absolute atomic E-state index is 0.00476. The average Bonchev–Trinajstić information content (AvgIpc) is 2.37. The second kappa shape index (κ2) is 11.3. The SMILES string of the molecule is O=C1CCCCC/C=C/CCCCCCCCO1. The fourth-order valence-electron chi connectivity index (χ4n) is 2.27. The second-order valence-electron chi connectivity index (χ2n) is 5.20. The van der Waals surface area contributed by atoms with Crippen LogP contribution in [0.25, 0.3) is 0 Å². The minimum atomic E-state index is -0.00476. The van der Waals surface area contributed by atoms with E-state index in [-0.39, 0.29) is 5.97 Å². The van der Waals surface area contributed by atoms with Crippen LogP contribution >= 0.6 is 0 Å². The first-order valence-corrected chi connectivity index (χ1v) is 7.70. The van der Waals surface area contributed by atoms with Crippen LogP contribution in [0.15, 0.2) is 12.2 Å². The van der Waals surface area contributed by atoms with E-state index < -0.39 is 0 Å². The van der Waals surface area contributed by atoms with Crippen LogP contribution < -0.4 is 0 Å². The van der Waals surface area contributed by atoms with Gasteiger partial charge < -0.3 is 4.74 Å². The fourth-order valence-corrected chi connectivity index (χ4v) is 2.27. The van der Waals surface area contributed by atoms with Gasteiger partial charge in [-0.3, -0.25) is 4.79 Å². The third-order valence-electron chi connectivity index (χ3n) is 3.45. The van der Waals surface area contributed by atoms with E-state index >= 15 is 0 Å². The molecule has 0 aromatic carbocycles. The van der Waals surface area contributed by atoms with Gasteiger partial charge in [-0.2, -0.15) is 0 Å². The van der Waals surface area contributed by atoms with Gasteiger partial charge in [0.15, 0.2) is 0 Å². The van der Waals surface area contributed by atoms with Crippen molar-refractivity contribution in [2.24, 2.45) is 0 Å². The van der Waals surface area contributed by atoms with Crippen LogP contribution in [-0.2, 0) is 9.53 Å². The summed E-state index contributed by atoms with van der Waals surface area (Å²) in [5.74, 6) is -0.00476. The van der Waals surface area contributed by atoms with Gasteiger partial charge in [0.05, 0.1) is 6.61 Å². The molecule has 2 heteroatoms. The smallest absolute Gasteiger partial charge is 0.305 e. The molecule has 0 fully saturated rings. The molecule has 0 bridgehead atoms. The molecule has 2 nitrogen and oxygen atoms in total. The summed E-state index contributed by atoms with van der Waals surface area (Å²) in [5, 5.41) is 0. The van der Waals surface area contributed by atoms with Crippen molar-refractivity contribution in [3.63, 3.8) is 0 Å². The quantitative estimate of drug-likeness (QED) is 0.458. The maximum absolute atomic E-state index is 11.4. The van der Waals surface area contributed by atoms with E-state index in [0.717, 1.165) is 25.7 Å². The zero-order valence-corrected chi connectivity index (χ0v) is 11.7. The normalized spacial score (nSPS) is 23.9. The highest BCUT2D eigenvalue weighted by Gasteiger charge is 2.02. The zero-order valence-electron chi connectivity index (χ0n) is 11.7. The lowest BCUT2D eigenvalue weighted by Gasteiger charge is -2.04. The molecule has 0 saturated carbocycles. The van der Waals surface area contributed by atoms with Gasteiger partial charge in [0, 0.05) is 6.42 Å². The number of cyclic esters (lactones) is 1. The van der Waals surface area contributed by atoms with Gasteiger partial charge in [-0.05, 0) is 38.5 Å². The van der Waals surface area contributed by atoms with Gasteiger partial charge in [0.25, 0.3) is 0 Å². The van der Waals surface area contributed by atoms with Gasteiger partial charge in [-0.25, -0.2) is 0 Å². The number of carbonyl (C=O) groups is 1. The average molecular weight is 252 g/mol. The van der Waals surface area contributed by atoms with Crippen LogP contribution in [0, 0.1) is 0 Å². The van der Waals surface area contributed by atoms with Crippen molar-refractivity contribution in [3.05, 3.63) is 12.2 Å². The van der Waals surface area contributed by atoms with E-state index in [1.165, 1.54) is 44.9 Å². The predicted molar refractivity (Wildman–Crippen MR) is 75.5 cm³/mol. The van der Waals surface area contributed by atoms with Crippen molar-refractivity contribution in [1.82, 2.24) is 0 Å². The van der Waals surface area contributed by atoms with Gasteiger partial charge in [0.2, 0.25) is 0 Å². The van der Waals surface area contributed by atoms with E-state index in [0.29, 0.717) is 13.0 Å². The molecule has 104 valence electrons. The predicted octanol–water partition coefficient (Wildman–Crippen LogP) is 4.78. The number of rotatable bonds is 0. The molecule has 18 heavy (non-hydrogen) atoms. The lowest BCUT2D eigenvalue weighted by atomic mass is 10.1. The van der Waals surface area contributed by atoms with Crippen molar-refractivity contribution in [2.45, 2.75) is 77.0 Å². The van der Waals surface area contributed by atoms with E-state index in [1.807, 2.05) is 0 Å². The molecule has 0 radical (unpaired) electrons. The van der Waals surface area contributed by atoms with Crippen LogP contribution in [0.3, 0.4) is 0 Å². The molecular weight excluding hydrogens is 224 g/mol. The van der Waals surface area contributed by atoms with E-state index in [2.05, 4.69) is 12.2 Å². The molecule has 0 atom stereocenters. The van der Waals surface area contributed by atoms with Crippen molar-refractivity contribution in [2.75, 3.05) is 6.61 Å².